The zero-order valence-electron chi connectivity index (χ0n) is 13.7. The lowest BCUT2D eigenvalue weighted by atomic mass is 10.1. The molecular formula is C19H23FN2O. The van der Waals surface area contributed by atoms with E-state index in [1.807, 2.05) is 30.3 Å². The fraction of sp³-hybridized carbons (Fsp3) is 0.316. The average molecular weight is 314 g/mol. The molecule has 0 unspecified atom stereocenters. The molecule has 0 saturated heterocycles. The summed E-state index contributed by atoms with van der Waals surface area (Å²) >= 11 is 0. The van der Waals surface area contributed by atoms with E-state index < -0.39 is 0 Å². The van der Waals surface area contributed by atoms with Gasteiger partial charge >= 0.3 is 0 Å². The Hall–Kier alpha value is -2.20. The third-order valence-electron chi connectivity index (χ3n) is 3.94. The monoisotopic (exact) mass is 314 g/mol. The van der Waals surface area contributed by atoms with Crippen molar-refractivity contribution in [3.63, 3.8) is 0 Å². The van der Waals surface area contributed by atoms with Crippen LogP contribution >= 0.6 is 0 Å². The number of hydrogen-bond donors (Lipinski definition) is 0. The van der Waals surface area contributed by atoms with Crippen molar-refractivity contribution >= 4 is 11.6 Å². The molecule has 0 aliphatic rings. The van der Waals surface area contributed by atoms with Gasteiger partial charge in [0.05, 0.1) is 0 Å². The minimum Gasteiger partial charge on any atom is -0.307 e. The molecule has 0 radical (unpaired) electrons. The molecule has 0 aromatic heterocycles. The minimum absolute atomic E-state index is 0.108. The number of carbonyl (C=O) groups excluding carboxylic acids is 1. The van der Waals surface area contributed by atoms with Gasteiger partial charge in [-0.15, -0.1) is 0 Å². The van der Waals surface area contributed by atoms with Crippen LogP contribution in [-0.4, -0.2) is 37.0 Å². The van der Waals surface area contributed by atoms with Gasteiger partial charge in [-0.1, -0.05) is 32.0 Å². The summed E-state index contributed by atoms with van der Waals surface area (Å²) in [5, 5.41) is 0. The van der Waals surface area contributed by atoms with Gasteiger partial charge in [0.15, 0.2) is 0 Å². The quantitative estimate of drug-likeness (QED) is 0.776. The van der Waals surface area contributed by atoms with Gasteiger partial charge in [0, 0.05) is 24.3 Å². The SMILES string of the molecule is CCN(CC)CCN(C(=O)c1ccc(F)cc1)c1ccccc1. The Kier molecular flexibility index (Phi) is 6.29. The second-order valence-electron chi connectivity index (χ2n) is 5.33. The van der Waals surface area contributed by atoms with E-state index in [0.717, 1.165) is 25.3 Å². The molecule has 0 fully saturated rings. The molecule has 0 N–H and O–H groups in total. The molecule has 0 atom stereocenters. The van der Waals surface area contributed by atoms with E-state index in [-0.39, 0.29) is 11.7 Å². The van der Waals surface area contributed by atoms with E-state index in [1.165, 1.54) is 24.3 Å². The second kappa shape index (κ2) is 8.44. The lowest BCUT2D eigenvalue weighted by molar-refractivity contribution is 0.0983. The Morgan fingerprint density at radius 1 is 0.913 bits per heavy atom. The van der Waals surface area contributed by atoms with Crippen molar-refractivity contribution in [2.75, 3.05) is 31.1 Å². The molecule has 0 heterocycles. The number of para-hydroxylation sites is 1. The third-order valence-corrected chi connectivity index (χ3v) is 3.94. The van der Waals surface area contributed by atoms with Crippen molar-refractivity contribution in [1.82, 2.24) is 4.90 Å². The maximum atomic E-state index is 13.1. The maximum Gasteiger partial charge on any atom is 0.258 e. The number of benzene rings is 2. The van der Waals surface area contributed by atoms with Crippen LogP contribution in [0.3, 0.4) is 0 Å². The molecule has 23 heavy (non-hydrogen) atoms. The third kappa shape index (κ3) is 4.63. The van der Waals surface area contributed by atoms with Crippen LogP contribution in [0, 0.1) is 5.82 Å². The van der Waals surface area contributed by atoms with E-state index in [2.05, 4.69) is 18.7 Å². The van der Waals surface area contributed by atoms with Crippen LogP contribution in [0.15, 0.2) is 54.6 Å². The van der Waals surface area contributed by atoms with Gasteiger partial charge in [-0.25, -0.2) is 4.39 Å². The van der Waals surface area contributed by atoms with E-state index in [4.69, 9.17) is 0 Å². The molecule has 3 nitrogen and oxygen atoms in total. The van der Waals surface area contributed by atoms with Crippen LogP contribution < -0.4 is 4.90 Å². The van der Waals surface area contributed by atoms with Gasteiger partial charge in [-0.3, -0.25) is 4.79 Å². The Balaban J connectivity index is 2.22. The van der Waals surface area contributed by atoms with Gasteiger partial charge in [-0.05, 0) is 49.5 Å². The molecular weight excluding hydrogens is 291 g/mol. The van der Waals surface area contributed by atoms with Crippen molar-refractivity contribution in [3.8, 4) is 0 Å². The van der Waals surface area contributed by atoms with Crippen molar-refractivity contribution in [3.05, 3.63) is 66.0 Å². The normalized spacial score (nSPS) is 10.8. The lowest BCUT2D eigenvalue weighted by Gasteiger charge is -2.26. The van der Waals surface area contributed by atoms with E-state index in [1.54, 1.807) is 4.90 Å². The molecule has 0 saturated carbocycles. The van der Waals surface area contributed by atoms with Gasteiger partial charge in [0.2, 0.25) is 0 Å². The largest absolute Gasteiger partial charge is 0.307 e. The Morgan fingerprint density at radius 2 is 1.52 bits per heavy atom. The topological polar surface area (TPSA) is 23.6 Å². The van der Waals surface area contributed by atoms with Crippen molar-refractivity contribution in [1.29, 1.82) is 0 Å². The summed E-state index contributed by atoms with van der Waals surface area (Å²) in [6, 6.07) is 15.3. The van der Waals surface area contributed by atoms with Crippen LogP contribution in [-0.2, 0) is 0 Å². The summed E-state index contributed by atoms with van der Waals surface area (Å²) in [7, 11) is 0. The molecule has 0 aliphatic carbocycles. The zero-order chi connectivity index (χ0) is 16.7. The second-order valence-corrected chi connectivity index (χ2v) is 5.33. The van der Waals surface area contributed by atoms with Crippen molar-refractivity contribution in [2.45, 2.75) is 13.8 Å². The molecule has 2 rings (SSSR count). The highest BCUT2D eigenvalue weighted by atomic mass is 19.1. The van der Waals surface area contributed by atoms with Gasteiger partial charge in [0.25, 0.3) is 5.91 Å². The fourth-order valence-electron chi connectivity index (χ4n) is 2.49. The molecule has 1 amide bonds. The number of hydrogen-bond acceptors (Lipinski definition) is 2. The summed E-state index contributed by atoms with van der Waals surface area (Å²) in [5.41, 5.74) is 1.35. The number of halogens is 1. The Morgan fingerprint density at radius 3 is 2.09 bits per heavy atom. The molecule has 2 aromatic carbocycles. The standard InChI is InChI=1S/C19H23FN2O/c1-3-21(4-2)14-15-22(18-8-6-5-7-9-18)19(23)16-10-12-17(20)13-11-16/h5-13H,3-4,14-15H2,1-2H3. The lowest BCUT2D eigenvalue weighted by Crippen LogP contribution is -2.38. The molecule has 2 aromatic rings. The van der Waals surface area contributed by atoms with Crippen molar-refractivity contribution < 1.29 is 9.18 Å². The van der Waals surface area contributed by atoms with Crippen LogP contribution in [0.1, 0.15) is 24.2 Å². The molecule has 0 aliphatic heterocycles. The number of likely N-dealkylation sites (N-methyl/N-ethyl adjacent to an activating group) is 1. The highest BCUT2D eigenvalue weighted by Gasteiger charge is 2.18. The Bertz CT molecular complexity index is 609. The molecule has 122 valence electrons. The fourth-order valence-corrected chi connectivity index (χ4v) is 2.49. The predicted molar refractivity (Wildman–Crippen MR) is 92.3 cm³/mol. The summed E-state index contributed by atoms with van der Waals surface area (Å²) in [4.78, 5) is 16.9. The number of nitrogens with zero attached hydrogens (tertiary/aromatic N) is 2. The van der Waals surface area contributed by atoms with Crippen LogP contribution in [0.2, 0.25) is 0 Å². The number of carbonyl (C=O) groups is 1. The van der Waals surface area contributed by atoms with Gasteiger partial charge in [0.1, 0.15) is 5.82 Å². The maximum absolute atomic E-state index is 13.1. The molecule has 0 bridgehead atoms. The van der Waals surface area contributed by atoms with Crippen molar-refractivity contribution in [2.24, 2.45) is 0 Å². The summed E-state index contributed by atoms with van der Waals surface area (Å²) in [5.74, 6) is -0.445. The first kappa shape index (κ1) is 17.2. The van der Waals surface area contributed by atoms with Crippen LogP contribution in [0.25, 0.3) is 0 Å². The summed E-state index contributed by atoms with van der Waals surface area (Å²) < 4.78 is 13.1. The minimum atomic E-state index is -0.337. The predicted octanol–water partition coefficient (Wildman–Crippen LogP) is 3.81. The summed E-state index contributed by atoms with van der Waals surface area (Å²) in [6.07, 6.45) is 0. The van der Waals surface area contributed by atoms with E-state index in [0.29, 0.717) is 12.1 Å². The molecule has 0 spiro atoms. The summed E-state index contributed by atoms with van der Waals surface area (Å²) in [6.45, 7) is 7.51. The zero-order valence-corrected chi connectivity index (χ0v) is 13.7. The molecule has 4 heteroatoms. The van der Waals surface area contributed by atoms with E-state index in [9.17, 15) is 9.18 Å². The number of anilines is 1. The first-order valence-electron chi connectivity index (χ1n) is 8.00. The number of amides is 1. The Labute approximate surface area is 137 Å². The average Bonchev–Trinajstić information content (AvgIpc) is 2.60. The first-order valence-corrected chi connectivity index (χ1v) is 8.00. The first-order chi connectivity index (χ1) is 11.2. The van der Waals surface area contributed by atoms with Gasteiger partial charge in [-0.2, -0.15) is 0 Å². The van der Waals surface area contributed by atoms with Gasteiger partial charge < -0.3 is 9.80 Å². The highest BCUT2D eigenvalue weighted by Crippen LogP contribution is 2.17. The van der Waals surface area contributed by atoms with Crippen LogP contribution in [0.5, 0.6) is 0 Å². The highest BCUT2D eigenvalue weighted by molar-refractivity contribution is 6.06. The van der Waals surface area contributed by atoms with Crippen LogP contribution in [0.4, 0.5) is 10.1 Å². The van der Waals surface area contributed by atoms with E-state index >= 15 is 0 Å². The smallest absolute Gasteiger partial charge is 0.258 e. The number of rotatable bonds is 7.